The molecule has 0 bridgehead atoms. The van der Waals surface area contributed by atoms with Gasteiger partial charge in [0.25, 0.3) is 0 Å². The fourth-order valence-corrected chi connectivity index (χ4v) is 1.58. The highest BCUT2D eigenvalue weighted by molar-refractivity contribution is 6.34. The standard InChI is InChI=1S/C13H19ClN2O2/c1-4-13(3,8-17)16-12(18)15-10-7-5-6-9(2)11(10)14/h5-7,17H,4,8H2,1-3H3,(H2,15,16,18)/t13-/m1/s1. The molecule has 0 spiro atoms. The largest absolute Gasteiger partial charge is 0.394 e. The second-order valence-corrected chi connectivity index (χ2v) is 4.97. The quantitative estimate of drug-likeness (QED) is 0.788. The van der Waals surface area contributed by atoms with Crippen LogP contribution in [0.15, 0.2) is 18.2 Å². The van der Waals surface area contributed by atoms with Crippen molar-refractivity contribution in [1.82, 2.24) is 5.32 Å². The summed E-state index contributed by atoms with van der Waals surface area (Å²) < 4.78 is 0. The van der Waals surface area contributed by atoms with Gasteiger partial charge >= 0.3 is 6.03 Å². The van der Waals surface area contributed by atoms with Gasteiger partial charge in [-0.2, -0.15) is 0 Å². The van der Waals surface area contributed by atoms with Crippen molar-refractivity contribution in [1.29, 1.82) is 0 Å². The molecular formula is C13H19ClN2O2. The molecule has 0 radical (unpaired) electrons. The molecule has 3 N–H and O–H groups in total. The summed E-state index contributed by atoms with van der Waals surface area (Å²) in [4.78, 5) is 11.8. The SMILES string of the molecule is CC[C@](C)(CO)NC(=O)Nc1cccc(C)c1Cl. The van der Waals surface area contributed by atoms with E-state index in [1.165, 1.54) is 0 Å². The molecule has 1 rings (SSSR count). The molecule has 1 aromatic rings. The van der Waals surface area contributed by atoms with E-state index in [1.807, 2.05) is 26.0 Å². The molecule has 0 aliphatic rings. The van der Waals surface area contributed by atoms with Gasteiger partial charge in [-0.1, -0.05) is 30.7 Å². The Labute approximate surface area is 112 Å². The van der Waals surface area contributed by atoms with Gasteiger partial charge in [-0.25, -0.2) is 4.79 Å². The van der Waals surface area contributed by atoms with Crippen LogP contribution < -0.4 is 10.6 Å². The van der Waals surface area contributed by atoms with Gasteiger partial charge in [-0.15, -0.1) is 0 Å². The molecule has 100 valence electrons. The summed E-state index contributed by atoms with van der Waals surface area (Å²) in [6.07, 6.45) is 0.637. The lowest BCUT2D eigenvalue weighted by Gasteiger charge is -2.27. The number of aryl methyl sites for hydroxylation is 1. The molecule has 0 aliphatic carbocycles. The number of carbonyl (C=O) groups excluding carboxylic acids is 1. The summed E-state index contributed by atoms with van der Waals surface area (Å²) in [5.41, 5.74) is 0.834. The van der Waals surface area contributed by atoms with E-state index < -0.39 is 5.54 Å². The maximum atomic E-state index is 11.8. The minimum absolute atomic E-state index is 0.113. The zero-order chi connectivity index (χ0) is 13.8. The summed E-state index contributed by atoms with van der Waals surface area (Å²) >= 11 is 6.08. The summed E-state index contributed by atoms with van der Waals surface area (Å²) in [5, 5.41) is 15.2. The zero-order valence-corrected chi connectivity index (χ0v) is 11.6. The predicted octanol–water partition coefficient (Wildman–Crippen LogP) is 2.93. The summed E-state index contributed by atoms with van der Waals surface area (Å²) in [6, 6.07) is 5.05. The summed E-state index contributed by atoms with van der Waals surface area (Å²) in [7, 11) is 0. The first-order valence-corrected chi connectivity index (χ1v) is 6.25. The number of amides is 2. The van der Waals surface area contributed by atoms with Crippen molar-refractivity contribution in [2.75, 3.05) is 11.9 Å². The molecule has 0 aromatic heterocycles. The lowest BCUT2D eigenvalue weighted by Crippen LogP contribution is -2.50. The van der Waals surface area contributed by atoms with Crippen molar-refractivity contribution < 1.29 is 9.90 Å². The van der Waals surface area contributed by atoms with Crippen LogP contribution in [0, 0.1) is 6.92 Å². The van der Waals surface area contributed by atoms with E-state index in [4.69, 9.17) is 11.6 Å². The number of aliphatic hydroxyl groups excluding tert-OH is 1. The third-order valence-corrected chi connectivity index (χ3v) is 3.49. The lowest BCUT2D eigenvalue weighted by atomic mass is 10.0. The second kappa shape index (κ2) is 6.07. The molecule has 1 aromatic carbocycles. The van der Waals surface area contributed by atoms with Crippen LogP contribution in [0.4, 0.5) is 10.5 Å². The average molecular weight is 271 g/mol. The molecule has 1 atom stereocenters. The van der Waals surface area contributed by atoms with Gasteiger partial charge < -0.3 is 15.7 Å². The van der Waals surface area contributed by atoms with E-state index in [0.29, 0.717) is 17.1 Å². The maximum Gasteiger partial charge on any atom is 0.319 e. The molecule has 0 saturated carbocycles. The van der Waals surface area contributed by atoms with Crippen LogP contribution in [-0.4, -0.2) is 23.3 Å². The third-order valence-electron chi connectivity index (χ3n) is 2.98. The molecule has 5 heteroatoms. The zero-order valence-electron chi connectivity index (χ0n) is 10.9. The van der Waals surface area contributed by atoms with Gasteiger partial charge in [-0.05, 0) is 31.9 Å². The fraction of sp³-hybridized carbons (Fsp3) is 0.462. The Balaban J connectivity index is 2.74. The molecule has 4 nitrogen and oxygen atoms in total. The van der Waals surface area contributed by atoms with E-state index >= 15 is 0 Å². The highest BCUT2D eigenvalue weighted by atomic mass is 35.5. The molecule has 0 saturated heterocycles. The summed E-state index contributed by atoms with van der Waals surface area (Å²) in [5.74, 6) is 0. The smallest absolute Gasteiger partial charge is 0.319 e. The van der Waals surface area contributed by atoms with Crippen molar-refractivity contribution in [3.8, 4) is 0 Å². The van der Waals surface area contributed by atoms with E-state index in [2.05, 4.69) is 10.6 Å². The molecule has 18 heavy (non-hydrogen) atoms. The number of anilines is 1. The first-order valence-electron chi connectivity index (χ1n) is 5.87. The molecule has 0 fully saturated rings. The topological polar surface area (TPSA) is 61.4 Å². The van der Waals surface area contributed by atoms with Crippen LogP contribution in [0.5, 0.6) is 0 Å². The van der Waals surface area contributed by atoms with E-state index in [9.17, 15) is 9.90 Å². The van der Waals surface area contributed by atoms with Crippen LogP contribution in [0.25, 0.3) is 0 Å². The predicted molar refractivity (Wildman–Crippen MR) is 74.1 cm³/mol. The van der Waals surface area contributed by atoms with E-state index in [-0.39, 0.29) is 12.6 Å². The Bertz CT molecular complexity index is 431. The lowest BCUT2D eigenvalue weighted by molar-refractivity contribution is 0.172. The van der Waals surface area contributed by atoms with Gasteiger partial charge in [0.15, 0.2) is 0 Å². The summed E-state index contributed by atoms with van der Waals surface area (Å²) in [6.45, 7) is 5.44. The minimum Gasteiger partial charge on any atom is -0.394 e. The van der Waals surface area contributed by atoms with E-state index in [1.54, 1.807) is 13.0 Å². The minimum atomic E-state index is -0.625. The number of carbonyl (C=O) groups is 1. The Morgan fingerprint density at radius 2 is 2.17 bits per heavy atom. The Hall–Kier alpha value is -1.26. The Morgan fingerprint density at radius 1 is 1.50 bits per heavy atom. The molecule has 2 amide bonds. The van der Waals surface area contributed by atoms with Crippen LogP contribution in [0.3, 0.4) is 0 Å². The number of hydrogen-bond acceptors (Lipinski definition) is 2. The number of aliphatic hydroxyl groups is 1. The highest BCUT2D eigenvalue weighted by Gasteiger charge is 2.23. The number of nitrogens with one attached hydrogen (secondary N) is 2. The number of halogens is 1. The van der Waals surface area contributed by atoms with Crippen LogP contribution in [-0.2, 0) is 0 Å². The Morgan fingerprint density at radius 3 is 2.72 bits per heavy atom. The van der Waals surface area contributed by atoms with Crippen molar-refractivity contribution in [2.45, 2.75) is 32.7 Å². The van der Waals surface area contributed by atoms with Crippen LogP contribution in [0.2, 0.25) is 5.02 Å². The monoisotopic (exact) mass is 270 g/mol. The van der Waals surface area contributed by atoms with Crippen molar-refractivity contribution in [3.05, 3.63) is 28.8 Å². The second-order valence-electron chi connectivity index (χ2n) is 4.59. The van der Waals surface area contributed by atoms with Crippen molar-refractivity contribution in [3.63, 3.8) is 0 Å². The molecule has 0 aliphatic heterocycles. The van der Waals surface area contributed by atoms with Crippen molar-refractivity contribution >= 4 is 23.3 Å². The highest BCUT2D eigenvalue weighted by Crippen LogP contribution is 2.25. The molecular weight excluding hydrogens is 252 g/mol. The normalized spacial score (nSPS) is 13.8. The number of urea groups is 1. The van der Waals surface area contributed by atoms with E-state index in [0.717, 1.165) is 5.56 Å². The van der Waals surface area contributed by atoms with Gasteiger partial charge in [0, 0.05) is 0 Å². The van der Waals surface area contributed by atoms with Gasteiger partial charge in [-0.3, -0.25) is 0 Å². The Kier molecular flexibility index (Phi) is 4.99. The van der Waals surface area contributed by atoms with Gasteiger partial charge in [0.1, 0.15) is 0 Å². The molecule has 0 heterocycles. The van der Waals surface area contributed by atoms with Crippen molar-refractivity contribution in [2.24, 2.45) is 0 Å². The maximum absolute atomic E-state index is 11.8. The third kappa shape index (κ3) is 3.62. The number of hydrogen-bond donors (Lipinski definition) is 3. The average Bonchev–Trinajstić information content (AvgIpc) is 2.34. The van der Waals surface area contributed by atoms with Gasteiger partial charge in [0.2, 0.25) is 0 Å². The van der Waals surface area contributed by atoms with Crippen LogP contribution in [0.1, 0.15) is 25.8 Å². The fourth-order valence-electron chi connectivity index (χ4n) is 1.41. The molecule has 0 unspecified atom stereocenters. The first-order chi connectivity index (χ1) is 8.41. The number of rotatable bonds is 4. The first kappa shape index (κ1) is 14.8. The number of benzene rings is 1. The van der Waals surface area contributed by atoms with Crippen LogP contribution >= 0.6 is 11.6 Å². The van der Waals surface area contributed by atoms with Gasteiger partial charge in [0.05, 0.1) is 22.9 Å².